The van der Waals surface area contributed by atoms with Crippen LogP contribution in [0.15, 0.2) is 71.3 Å². The van der Waals surface area contributed by atoms with Crippen LogP contribution in [-0.4, -0.2) is 46.6 Å². The monoisotopic (exact) mass is 463 g/mol. The van der Waals surface area contributed by atoms with E-state index >= 15 is 0 Å². The van der Waals surface area contributed by atoms with E-state index in [1.807, 2.05) is 36.4 Å². The van der Waals surface area contributed by atoms with Gasteiger partial charge in [0.05, 0.1) is 5.92 Å². The molecular weight excluding hydrogens is 434 g/mol. The molecule has 3 atom stereocenters. The highest BCUT2D eigenvalue weighted by Gasteiger charge is 2.41. The van der Waals surface area contributed by atoms with E-state index in [0.29, 0.717) is 6.42 Å². The van der Waals surface area contributed by atoms with Gasteiger partial charge in [0.25, 0.3) is 0 Å². The maximum atomic E-state index is 13.8. The Labute approximate surface area is 198 Å². The number of rotatable bonds is 7. The van der Waals surface area contributed by atoms with Crippen molar-refractivity contribution in [2.45, 2.75) is 41.9 Å². The summed E-state index contributed by atoms with van der Waals surface area (Å²) in [5, 5.41) is 19.6. The van der Waals surface area contributed by atoms with Gasteiger partial charge < -0.3 is 14.9 Å². The molecule has 0 aromatic heterocycles. The highest BCUT2D eigenvalue weighted by atomic mass is 32.2. The zero-order valence-corrected chi connectivity index (χ0v) is 19.5. The number of fused-ring (bicyclic) bond motifs is 1. The van der Waals surface area contributed by atoms with E-state index in [1.54, 1.807) is 36.0 Å². The third-order valence-corrected chi connectivity index (χ3v) is 8.02. The lowest BCUT2D eigenvalue weighted by atomic mass is 9.80. The summed E-state index contributed by atoms with van der Waals surface area (Å²) >= 11 is 1.60. The molecule has 1 fully saturated rings. The van der Waals surface area contributed by atoms with Gasteiger partial charge in [-0.3, -0.25) is 9.69 Å². The Morgan fingerprint density at radius 1 is 1.12 bits per heavy atom. The second-order valence-corrected chi connectivity index (χ2v) is 10.2. The molecule has 2 aliphatic heterocycles. The van der Waals surface area contributed by atoms with Crippen LogP contribution in [0.4, 0.5) is 0 Å². The molecule has 0 amide bonds. The zero-order valence-electron chi connectivity index (χ0n) is 18.7. The molecule has 33 heavy (non-hydrogen) atoms. The van der Waals surface area contributed by atoms with Gasteiger partial charge >= 0.3 is 0 Å². The Morgan fingerprint density at radius 3 is 2.58 bits per heavy atom. The Bertz CT molecular complexity index is 1090. The van der Waals surface area contributed by atoms with Crippen molar-refractivity contribution < 1.29 is 19.7 Å². The van der Waals surface area contributed by atoms with Crippen molar-refractivity contribution in [2.75, 3.05) is 19.6 Å². The van der Waals surface area contributed by atoms with Crippen molar-refractivity contribution >= 4 is 17.5 Å². The normalized spacial score (nSPS) is 24.8. The molecule has 2 aromatic rings. The molecule has 5 nitrogen and oxygen atoms in total. The van der Waals surface area contributed by atoms with Gasteiger partial charge in [-0.25, -0.2) is 0 Å². The van der Waals surface area contributed by atoms with Crippen molar-refractivity contribution in [1.82, 2.24) is 4.90 Å². The van der Waals surface area contributed by atoms with Gasteiger partial charge in [-0.15, -0.1) is 11.8 Å². The van der Waals surface area contributed by atoms with E-state index in [9.17, 15) is 15.0 Å². The van der Waals surface area contributed by atoms with Crippen LogP contribution in [0.3, 0.4) is 0 Å². The minimum Gasteiger partial charge on any atom is -0.508 e. The Morgan fingerprint density at radius 2 is 1.88 bits per heavy atom. The zero-order chi connectivity index (χ0) is 22.9. The molecule has 0 spiro atoms. The molecular formula is C27H29NO4S. The third-order valence-electron chi connectivity index (χ3n) is 6.61. The van der Waals surface area contributed by atoms with Gasteiger partial charge in [-0.05, 0) is 66.9 Å². The molecule has 2 N–H and O–H groups in total. The molecule has 0 saturated carbocycles. The van der Waals surface area contributed by atoms with Crippen molar-refractivity contribution in [3.05, 3.63) is 77.6 Å². The number of likely N-dealkylation sites (tertiary alicyclic amines) is 1. The van der Waals surface area contributed by atoms with Gasteiger partial charge in [0.15, 0.2) is 0 Å². The molecule has 6 heteroatoms. The number of carbonyl (C=O) groups is 1. The summed E-state index contributed by atoms with van der Waals surface area (Å²) in [6, 6.07) is 12.3. The minimum absolute atomic E-state index is 0.0931. The topological polar surface area (TPSA) is 70.0 Å². The van der Waals surface area contributed by atoms with Gasteiger partial charge in [0, 0.05) is 29.2 Å². The lowest BCUT2D eigenvalue weighted by Gasteiger charge is -2.39. The number of phenols is 2. The smallest absolute Gasteiger partial charge is 0.148 e. The summed E-state index contributed by atoms with van der Waals surface area (Å²) in [4.78, 5) is 17.1. The lowest BCUT2D eigenvalue weighted by Crippen LogP contribution is -2.52. The maximum Gasteiger partial charge on any atom is 0.148 e. The van der Waals surface area contributed by atoms with Crippen LogP contribution in [0.5, 0.6) is 11.5 Å². The van der Waals surface area contributed by atoms with Crippen LogP contribution in [0.25, 0.3) is 0 Å². The maximum absolute atomic E-state index is 13.8. The summed E-state index contributed by atoms with van der Waals surface area (Å²) in [7, 11) is 0. The molecule has 3 aliphatic rings. The largest absolute Gasteiger partial charge is 0.508 e. The standard InChI is InChI=1S/C27H29NO4S/c1-2-13-28-15-22(16-28)32-21-10-5-17(6-11-21)26(31)25-23-12-9-20(30)14-24(23)33-27(25)18-3-7-19(29)8-4-18/h3-5,7-12,14,17,22,25,27,29-30H,2,6,13,15-16H2,1H3/t17-,25?,27+/m0/s1. The van der Waals surface area contributed by atoms with Crippen LogP contribution in [-0.2, 0) is 9.53 Å². The van der Waals surface area contributed by atoms with Crippen LogP contribution in [0, 0.1) is 5.92 Å². The van der Waals surface area contributed by atoms with E-state index in [-0.39, 0.29) is 40.5 Å². The fourth-order valence-electron chi connectivity index (χ4n) is 4.89. The Balaban J connectivity index is 1.31. The number of hydrogen-bond acceptors (Lipinski definition) is 6. The summed E-state index contributed by atoms with van der Waals surface area (Å²) in [6.45, 7) is 5.25. The lowest BCUT2D eigenvalue weighted by molar-refractivity contribution is -0.123. The van der Waals surface area contributed by atoms with E-state index in [2.05, 4.69) is 11.8 Å². The summed E-state index contributed by atoms with van der Waals surface area (Å²) in [5.74, 6) is 0.928. The third kappa shape index (κ3) is 4.55. The molecule has 5 rings (SSSR count). The molecule has 2 aromatic carbocycles. The van der Waals surface area contributed by atoms with Crippen molar-refractivity contribution in [3.63, 3.8) is 0 Å². The summed E-state index contributed by atoms with van der Waals surface area (Å²) in [6.07, 6.45) is 8.00. The number of Topliss-reactive ketones (excluding diaryl/α,β-unsaturated/α-hetero) is 1. The molecule has 2 heterocycles. The first-order chi connectivity index (χ1) is 16.0. The number of benzene rings is 2. The fourth-order valence-corrected chi connectivity index (χ4v) is 6.40. The number of ketones is 1. The average molecular weight is 464 g/mol. The predicted molar refractivity (Wildman–Crippen MR) is 129 cm³/mol. The number of phenolic OH excluding ortho intramolecular Hbond substituents is 2. The van der Waals surface area contributed by atoms with E-state index in [0.717, 1.165) is 47.8 Å². The van der Waals surface area contributed by atoms with Crippen LogP contribution < -0.4 is 0 Å². The number of hydrogen-bond donors (Lipinski definition) is 2. The second-order valence-electron chi connectivity index (χ2n) is 9.04. The van der Waals surface area contributed by atoms with E-state index in [1.165, 1.54) is 0 Å². The molecule has 1 aliphatic carbocycles. The summed E-state index contributed by atoms with van der Waals surface area (Å²) < 4.78 is 6.09. The molecule has 1 saturated heterocycles. The summed E-state index contributed by atoms with van der Waals surface area (Å²) in [5.41, 5.74) is 1.96. The Hall–Kier alpha value is -2.70. The quantitative estimate of drug-likeness (QED) is 0.591. The van der Waals surface area contributed by atoms with Gasteiger partial charge in [0.2, 0.25) is 0 Å². The van der Waals surface area contributed by atoms with Crippen molar-refractivity contribution in [1.29, 1.82) is 0 Å². The first-order valence-corrected chi connectivity index (χ1v) is 12.5. The van der Waals surface area contributed by atoms with Gasteiger partial charge in [-0.2, -0.15) is 0 Å². The number of carbonyl (C=O) groups excluding carboxylic acids is 1. The van der Waals surface area contributed by atoms with E-state index < -0.39 is 0 Å². The highest BCUT2D eigenvalue weighted by Crippen LogP contribution is 2.56. The van der Waals surface area contributed by atoms with Crippen LogP contribution in [0.1, 0.15) is 42.1 Å². The predicted octanol–water partition coefficient (Wildman–Crippen LogP) is 5.17. The number of nitrogens with zero attached hydrogens (tertiary/aromatic N) is 1. The van der Waals surface area contributed by atoms with Gasteiger partial charge in [0.1, 0.15) is 29.1 Å². The van der Waals surface area contributed by atoms with Crippen LogP contribution >= 0.6 is 11.8 Å². The molecule has 0 radical (unpaired) electrons. The SMILES string of the molecule is CCCN1CC(OC2=CC[C@@H](C(=O)C3c4ccc(O)cc4S[C@@H]3c3ccc(O)cc3)C=C2)C1. The number of thioether (sulfide) groups is 1. The minimum atomic E-state index is -0.310. The van der Waals surface area contributed by atoms with Crippen molar-refractivity contribution in [3.8, 4) is 11.5 Å². The van der Waals surface area contributed by atoms with Gasteiger partial charge in [-0.1, -0.05) is 31.2 Å². The Kier molecular flexibility index (Phi) is 6.21. The fraction of sp³-hybridized carbons (Fsp3) is 0.370. The molecule has 0 bridgehead atoms. The first-order valence-electron chi connectivity index (χ1n) is 11.6. The highest BCUT2D eigenvalue weighted by molar-refractivity contribution is 8.00. The van der Waals surface area contributed by atoms with Crippen molar-refractivity contribution in [2.24, 2.45) is 5.92 Å². The molecule has 1 unspecified atom stereocenters. The average Bonchev–Trinajstić information content (AvgIpc) is 3.16. The number of ether oxygens (including phenoxy) is 1. The van der Waals surface area contributed by atoms with Crippen LogP contribution in [0.2, 0.25) is 0 Å². The first kappa shape index (κ1) is 22.1. The second kappa shape index (κ2) is 9.27. The molecule has 172 valence electrons. The number of aromatic hydroxyl groups is 2. The van der Waals surface area contributed by atoms with E-state index in [4.69, 9.17) is 4.74 Å². The number of allylic oxidation sites excluding steroid dienone is 3.